The van der Waals surface area contributed by atoms with Crippen LogP contribution in [-0.2, 0) is 6.54 Å². The SMILES string of the molecule is O=C(NC1[C@@H]2CC[C@H]1CN(Cc1cccc(F)c1F)C2)c1cccc(-n2cncn2)n1. The van der Waals surface area contributed by atoms with E-state index in [1.54, 1.807) is 24.3 Å². The zero-order chi connectivity index (χ0) is 21.4. The molecule has 2 fully saturated rings. The molecule has 160 valence electrons. The smallest absolute Gasteiger partial charge is 0.270 e. The predicted octanol–water partition coefficient (Wildman–Crippen LogP) is 2.58. The van der Waals surface area contributed by atoms with E-state index in [4.69, 9.17) is 0 Å². The fourth-order valence-corrected chi connectivity index (χ4v) is 4.83. The highest BCUT2D eigenvalue weighted by molar-refractivity contribution is 5.92. The second kappa shape index (κ2) is 8.14. The Bertz CT molecular complexity index is 1080. The molecule has 0 radical (unpaired) electrons. The molecule has 3 heterocycles. The van der Waals surface area contributed by atoms with Gasteiger partial charge in [0.25, 0.3) is 5.91 Å². The molecule has 9 heteroatoms. The molecule has 5 rings (SSSR count). The number of piperidine rings is 1. The predicted molar refractivity (Wildman–Crippen MR) is 108 cm³/mol. The van der Waals surface area contributed by atoms with E-state index in [1.807, 2.05) is 0 Å². The summed E-state index contributed by atoms with van der Waals surface area (Å²) in [4.78, 5) is 23.3. The monoisotopic (exact) mass is 424 g/mol. The molecule has 2 aliphatic rings. The summed E-state index contributed by atoms with van der Waals surface area (Å²) in [7, 11) is 0. The lowest BCUT2D eigenvalue weighted by Gasteiger charge is -2.38. The van der Waals surface area contributed by atoms with Crippen molar-refractivity contribution in [2.24, 2.45) is 11.8 Å². The van der Waals surface area contributed by atoms with Crippen LogP contribution >= 0.6 is 0 Å². The Kier molecular flexibility index (Phi) is 5.19. The van der Waals surface area contributed by atoms with Crippen LogP contribution in [0, 0.1) is 23.5 Å². The number of hydrogen-bond acceptors (Lipinski definition) is 5. The van der Waals surface area contributed by atoms with Crippen LogP contribution in [-0.4, -0.2) is 49.7 Å². The molecule has 31 heavy (non-hydrogen) atoms. The summed E-state index contributed by atoms with van der Waals surface area (Å²) in [5.41, 5.74) is 0.702. The largest absolute Gasteiger partial charge is 0.347 e. The van der Waals surface area contributed by atoms with E-state index >= 15 is 0 Å². The number of nitrogens with zero attached hydrogens (tertiary/aromatic N) is 5. The fraction of sp³-hybridized carbons (Fsp3) is 0.364. The Balaban J connectivity index is 1.25. The number of hydrogen-bond donors (Lipinski definition) is 1. The van der Waals surface area contributed by atoms with Crippen molar-refractivity contribution in [2.75, 3.05) is 13.1 Å². The van der Waals surface area contributed by atoms with Crippen molar-refractivity contribution < 1.29 is 13.6 Å². The first kappa shape index (κ1) is 19.7. The van der Waals surface area contributed by atoms with Crippen LogP contribution in [0.4, 0.5) is 8.78 Å². The second-order valence-electron chi connectivity index (χ2n) is 8.22. The van der Waals surface area contributed by atoms with Crippen LogP contribution in [0.5, 0.6) is 0 Å². The molecule has 1 saturated carbocycles. The molecule has 1 N–H and O–H groups in total. The zero-order valence-electron chi connectivity index (χ0n) is 16.8. The number of carbonyl (C=O) groups excluding carboxylic acids is 1. The molecule has 1 aliphatic heterocycles. The fourth-order valence-electron chi connectivity index (χ4n) is 4.83. The molecule has 2 bridgehead atoms. The van der Waals surface area contributed by atoms with E-state index < -0.39 is 11.6 Å². The number of carbonyl (C=O) groups is 1. The summed E-state index contributed by atoms with van der Waals surface area (Å²) in [6.45, 7) is 1.85. The minimum atomic E-state index is -0.816. The maximum absolute atomic E-state index is 14.1. The van der Waals surface area contributed by atoms with Crippen LogP contribution in [0.25, 0.3) is 5.82 Å². The van der Waals surface area contributed by atoms with Crippen molar-refractivity contribution >= 4 is 5.91 Å². The Morgan fingerprint density at radius 3 is 2.61 bits per heavy atom. The third-order valence-corrected chi connectivity index (χ3v) is 6.25. The lowest BCUT2D eigenvalue weighted by Crippen LogP contribution is -2.52. The van der Waals surface area contributed by atoms with Gasteiger partial charge in [-0.2, -0.15) is 5.10 Å². The van der Waals surface area contributed by atoms with Gasteiger partial charge in [0.2, 0.25) is 0 Å². The Labute approximate surface area is 178 Å². The van der Waals surface area contributed by atoms with Gasteiger partial charge in [0, 0.05) is 31.2 Å². The third-order valence-electron chi connectivity index (χ3n) is 6.25. The number of amides is 1. The average molecular weight is 424 g/mol. The molecule has 3 atom stereocenters. The first-order valence-electron chi connectivity index (χ1n) is 10.4. The van der Waals surface area contributed by atoms with Crippen molar-refractivity contribution in [3.8, 4) is 5.82 Å². The minimum absolute atomic E-state index is 0.0536. The number of pyridine rings is 1. The highest BCUT2D eigenvalue weighted by Crippen LogP contribution is 2.37. The van der Waals surface area contributed by atoms with E-state index in [9.17, 15) is 13.6 Å². The standard InChI is InChI=1S/C22H22F2N6O/c23-17-4-1-3-14(20(17)24)9-29-10-15-7-8-16(11-29)21(15)28-22(31)18-5-2-6-19(27-18)30-13-25-12-26-30/h1-6,12-13,15-16,21H,7-11H2,(H,28,31)/t15-,16+,21?. The Hall–Kier alpha value is -3.20. The average Bonchev–Trinajstić information content (AvgIpc) is 3.38. The van der Waals surface area contributed by atoms with E-state index in [1.165, 1.54) is 23.4 Å². The van der Waals surface area contributed by atoms with Gasteiger partial charge in [0.15, 0.2) is 17.5 Å². The van der Waals surface area contributed by atoms with Gasteiger partial charge in [-0.1, -0.05) is 18.2 Å². The summed E-state index contributed by atoms with van der Waals surface area (Å²) >= 11 is 0. The van der Waals surface area contributed by atoms with E-state index in [0.717, 1.165) is 32.0 Å². The number of nitrogens with one attached hydrogen (secondary N) is 1. The summed E-state index contributed by atoms with van der Waals surface area (Å²) < 4.78 is 29.1. The van der Waals surface area contributed by atoms with Crippen molar-refractivity contribution in [3.63, 3.8) is 0 Å². The molecule has 2 aromatic heterocycles. The first-order valence-corrected chi connectivity index (χ1v) is 10.4. The van der Waals surface area contributed by atoms with Gasteiger partial charge in [-0.3, -0.25) is 9.69 Å². The van der Waals surface area contributed by atoms with Crippen molar-refractivity contribution in [1.29, 1.82) is 0 Å². The maximum Gasteiger partial charge on any atom is 0.270 e. The maximum atomic E-state index is 14.1. The molecule has 1 aliphatic carbocycles. The van der Waals surface area contributed by atoms with Gasteiger partial charge in [-0.25, -0.2) is 23.4 Å². The third kappa shape index (κ3) is 3.93. The van der Waals surface area contributed by atoms with Crippen molar-refractivity contribution in [2.45, 2.75) is 25.4 Å². The number of halogens is 2. The van der Waals surface area contributed by atoms with Crippen LogP contribution < -0.4 is 5.32 Å². The van der Waals surface area contributed by atoms with E-state index in [-0.39, 0.29) is 23.8 Å². The van der Waals surface area contributed by atoms with Gasteiger partial charge < -0.3 is 5.32 Å². The molecule has 3 aromatic rings. The van der Waals surface area contributed by atoms with Crippen LogP contribution in [0.1, 0.15) is 28.9 Å². The van der Waals surface area contributed by atoms with Gasteiger partial charge in [-0.05, 0) is 42.9 Å². The molecule has 1 aromatic carbocycles. The quantitative estimate of drug-likeness (QED) is 0.681. The highest BCUT2D eigenvalue weighted by atomic mass is 19.2. The number of aromatic nitrogens is 4. The molecule has 1 unspecified atom stereocenters. The number of likely N-dealkylation sites (tertiary alicyclic amines) is 1. The van der Waals surface area contributed by atoms with E-state index in [0.29, 0.717) is 23.6 Å². The summed E-state index contributed by atoms with van der Waals surface area (Å²) in [6.07, 6.45) is 4.95. The summed E-state index contributed by atoms with van der Waals surface area (Å²) in [5, 5.41) is 7.21. The molecular formula is C22H22F2N6O. The van der Waals surface area contributed by atoms with Crippen LogP contribution in [0.3, 0.4) is 0 Å². The normalized spacial score (nSPS) is 23.1. The van der Waals surface area contributed by atoms with Gasteiger partial charge in [-0.15, -0.1) is 0 Å². The van der Waals surface area contributed by atoms with E-state index in [2.05, 4.69) is 25.3 Å². The molecule has 0 spiro atoms. The lowest BCUT2D eigenvalue weighted by atomic mass is 9.91. The van der Waals surface area contributed by atoms with Gasteiger partial charge in [0.05, 0.1) is 0 Å². The highest BCUT2D eigenvalue weighted by Gasteiger charge is 2.42. The molecular weight excluding hydrogens is 402 g/mol. The topological polar surface area (TPSA) is 75.9 Å². The zero-order valence-corrected chi connectivity index (χ0v) is 16.8. The first-order chi connectivity index (χ1) is 15.1. The summed E-state index contributed by atoms with van der Waals surface area (Å²) in [5.74, 6) is -0.726. The summed E-state index contributed by atoms with van der Waals surface area (Å²) in [6, 6.07) is 9.56. The van der Waals surface area contributed by atoms with Gasteiger partial charge in [0.1, 0.15) is 18.3 Å². The van der Waals surface area contributed by atoms with Gasteiger partial charge >= 0.3 is 0 Å². The van der Waals surface area contributed by atoms with Crippen molar-refractivity contribution in [1.82, 2.24) is 30.0 Å². The Morgan fingerprint density at radius 1 is 1.10 bits per heavy atom. The van der Waals surface area contributed by atoms with Crippen molar-refractivity contribution in [3.05, 3.63) is 71.9 Å². The molecule has 1 saturated heterocycles. The van der Waals surface area contributed by atoms with Crippen LogP contribution in [0.2, 0.25) is 0 Å². The second-order valence-corrected chi connectivity index (χ2v) is 8.22. The Morgan fingerprint density at radius 2 is 1.87 bits per heavy atom. The lowest BCUT2D eigenvalue weighted by molar-refractivity contribution is 0.0818. The minimum Gasteiger partial charge on any atom is -0.347 e. The molecule has 1 amide bonds. The number of benzene rings is 1. The number of fused-ring (bicyclic) bond motifs is 2. The number of rotatable bonds is 5. The molecule has 7 nitrogen and oxygen atoms in total. The van der Waals surface area contributed by atoms with Crippen LogP contribution in [0.15, 0.2) is 49.1 Å².